The number of nitrogens with one attached hydrogen (secondary N) is 1. The molecule has 2 rings (SSSR count). The van der Waals surface area contributed by atoms with Gasteiger partial charge >= 0.3 is 6.09 Å². The molecule has 2 aromatic rings. The van der Waals surface area contributed by atoms with Gasteiger partial charge in [-0.15, -0.1) is 15.3 Å². The fraction of sp³-hybridized carbons (Fsp3) is 0.333. The lowest BCUT2D eigenvalue weighted by molar-refractivity contribution is 0.198. The van der Waals surface area contributed by atoms with Crippen molar-refractivity contribution < 1.29 is 9.53 Å². The normalized spacial score (nSPS) is 10.5. The lowest BCUT2D eigenvalue weighted by Crippen LogP contribution is -2.26. The van der Waals surface area contributed by atoms with E-state index < -0.39 is 6.09 Å². The number of amides is 1. The zero-order chi connectivity index (χ0) is 12.4. The maximum atomic E-state index is 11.2. The van der Waals surface area contributed by atoms with Crippen LogP contribution in [0.1, 0.15) is 12.5 Å². The molecule has 0 fully saturated rings. The topological polar surface area (TPSA) is 107 Å². The molecule has 2 aromatic heterocycles. The SMILES string of the molecule is CCNC(=O)Oc1cc(C)c2nnc(N)n2n1. The van der Waals surface area contributed by atoms with Gasteiger partial charge in [0, 0.05) is 18.2 Å². The van der Waals surface area contributed by atoms with Crippen LogP contribution in [0.15, 0.2) is 6.07 Å². The van der Waals surface area contributed by atoms with Crippen molar-refractivity contribution in [1.29, 1.82) is 0 Å². The number of hydrogen-bond donors (Lipinski definition) is 2. The van der Waals surface area contributed by atoms with Gasteiger partial charge in [0.25, 0.3) is 0 Å². The number of fused-ring (bicyclic) bond motifs is 1. The molecule has 90 valence electrons. The summed E-state index contributed by atoms with van der Waals surface area (Å²) in [5, 5.41) is 14.0. The smallest absolute Gasteiger partial charge is 0.390 e. The molecule has 2 heterocycles. The van der Waals surface area contributed by atoms with E-state index in [-0.39, 0.29) is 11.8 Å². The summed E-state index contributed by atoms with van der Waals surface area (Å²) in [4.78, 5) is 11.2. The average Bonchev–Trinajstić information content (AvgIpc) is 2.61. The van der Waals surface area contributed by atoms with Gasteiger partial charge in [-0.2, -0.15) is 4.52 Å². The van der Waals surface area contributed by atoms with E-state index in [0.717, 1.165) is 5.56 Å². The van der Waals surface area contributed by atoms with Gasteiger partial charge < -0.3 is 15.8 Å². The second-order valence-corrected chi connectivity index (χ2v) is 3.38. The summed E-state index contributed by atoms with van der Waals surface area (Å²) in [5.41, 5.74) is 6.87. The number of nitrogens with two attached hydrogens (primary N) is 1. The lowest BCUT2D eigenvalue weighted by Gasteiger charge is -2.05. The molecule has 8 nitrogen and oxygen atoms in total. The van der Waals surface area contributed by atoms with Crippen molar-refractivity contribution >= 4 is 17.7 Å². The quantitative estimate of drug-likeness (QED) is 0.767. The van der Waals surface area contributed by atoms with Gasteiger partial charge in [-0.3, -0.25) is 0 Å². The first kappa shape index (κ1) is 11.1. The highest BCUT2D eigenvalue weighted by Gasteiger charge is 2.11. The van der Waals surface area contributed by atoms with Gasteiger partial charge in [0.15, 0.2) is 5.65 Å². The van der Waals surface area contributed by atoms with Crippen LogP contribution in [0.3, 0.4) is 0 Å². The number of nitrogen functional groups attached to an aromatic ring is 1. The fourth-order valence-corrected chi connectivity index (χ4v) is 1.34. The Morgan fingerprint density at radius 3 is 3.06 bits per heavy atom. The highest BCUT2D eigenvalue weighted by Crippen LogP contribution is 2.15. The third-order valence-corrected chi connectivity index (χ3v) is 2.07. The first-order valence-electron chi connectivity index (χ1n) is 5.06. The summed E-state index contributed by atoms with van der Waals surface area (Å²) in [5.74, 6) is 0.289. The fourth-order valence-electron chi connectivity index (χ4n) is 1.34. The number of aromatic nitrogens is 4. The van der Waals surface area contributed by atoms with Gasteiger partial charge in [0.2, 0.25) is 11.8 Å². The van der Waals surface area contributed by atoms with Crippen LogP contribution in [-0.4, -0.2) is 32.4 Å². The largest absolute Gasteiger partial charge is 0.413 e. The van der Waals surface area contributed by atoms with Gasteiger partial charge in [-0.1, -0.05) is 0 Å². The van der Waals surface area contributed by atoms with Crippen molar-refractivity contribution in [2.45, 2.75) is 13.8 Å². The van der Waals surface area contributed by atoms with Crippen molar-refractivity contribution in [3.63, 3.8) is 0 Å². The predicted molar refractivity (Wildman–Crippen MR) is 59.6 cm³/mol. The molecule has 0 unspecified atom stereocenters. The standard InChI is InChI=1S/C9H12N6O2/c1-3-11-9(16)17-6-4-5(2)7-12-13-8(10)15(7)14-6/h4H,3H2,1-2H3,(H2,10,13)(H,11,16). The van der Waals surface area contributed by atoms with Crippen LogP contribution < -0.4 is 15.8 Å². The molecule has 0 aliphatic heterocycles. The highest BCUT2D eigenvalue weighted by atomic mass is 16.6. The number of carbonyl (C=O) groups is 1. The van der Waals surface area contributed by atoms with E-state index in [1.54, 1.807) is 19.9 Å². The molecule has 8 heteroatoms. The Morgan fingerprint density at radius 1 is 1.59 bits per heavy atom. The molecule has 1 amide bonds. The van der Waals surface area contributed by atoms with Crippen LogP contribution >= 0.6 is 0 Å². The number of anilines is 1. The molecule has 0 saturated carbocycles. The number of nitrogens with zero attached hydrogens (tertiary/aromatic N) is 4. The summed E-state index contributed by atoms with van der Waals surface area (Å²) >= 11 is 0. The van der Waals surface area contributed by atoms with E-state index in [1.165, 1.54) is 4.52 Å². The number of ether oxygens (including phenoxy) is 1. The van der Waals surface area contributed by atoms with E-state index in [2.05, 4.69) is 20.6 Å². The van der Waals surface area contributed by atoms with Crippen molar-refractivity contribution in [3.05, 3.63) is 11.6 Å². The Balaban J connectivity index is 2.35. The minimum absolute atomic E-state index is 0.143. The number of aryl methyl sites for hydroxylation is 1. The maximum Gasteiger partial charge on any atom is 0.413 e. The number of carbonyl (C=O) groups excluding carboxylic acids is 1. The van der Waals surface area contributed by atoms with Gasteiger partial charge in [-0.05, 0) is 13.8 Å². The van der Waals surface area contributed by atoms with Crippen molar-refractivity contribution in [1.82, 2.24) is 25.1 Å². The molecule has 0 aliphatic rings. The first-order valence-corrected chi connectivity index (χ1v) is 5.06. The summed E-state index contributed by atoms with van der Waals surface area (Å²) < 4.78 is 6.30. The zero-order valence-corrected chi connectivity index (χ0v) is 9.47. The molecule has 0 atom stereocenters. The predicted octanol–water partition coefficient (Wildman–Crippen LogP) is 0.123. The highest BCUT2D eigenvalue weighted by molar-refractivity contribution is 5.70. The molecule has 0 aromatic carbocycles. The zero-order valence-electron chi connectivity index (χ0n) is 9.47. The van der Waals surface area contributed by atoms with E-state index in [0.29, 0.717) is 12.2 Å². The molecule has 0 spiro atoms. The molecule has 3 N–H and O–H groups in total. The third kappa shape index (κ3) is 2.10. The third-order valence-electron chi connectivity index (χ3n) is 2.07. The Morgan fingerprint density at radius 2 is 2.35 bits per heavy atom. The van der Waals surface area contributed by atoms with E-state index >= 15 is 0 Å². The minimum atomic E-state index is -0.564. The van der Waals surface area contributed by atoms with Crippen LogP contribution in [0.2, 0.25) is 0 Å². The van der Waals surface area contributed by atoms with Crippen molar-refractivity contribution in [2.75, 3.05) is 12.3 Å². The van der Waals surface area contributed by atoms with Crippen LogP contribution in [0.5, 0.6) is 5.88 Å². The molecular formula is C9H12N6O2. The van der Waals surface area contributed by atoms with E-state index in [9.17, 15) is 4.79 Å². The number of hydrogen-bond acceptors (Lipinski definition) is 6. The van der Waals surface area contributed by atoms with Crippen LogP contribution in [0, 0.1) is 6.92 Å². The van der Waals surface area contributed by atoms with Crippen molar-refractivity contribution in [2.24, 2.45) is 0 Å². The monoisotopic (exact) mass is 236 g/mol. The molecule has 0 aliphatic carbocycles. The molecular weight excluding hydrogens is 224 g/mol. The minimum Gasteiger partial charge on any atom is -0.390 e. The Kier molecular flexibility index (Phi) is 2.77. The second kappa shape index (κ2) is 4.24. The van der Waals surface area contributed by atoms with Crippen LogP contribution in [0.25, 0.3) is 5.65 Å². The Labute approximate surface area is 96.8 Å². The van der Waals surface area contributed by atoms with Crippen LogP contribution in [0.4, 0.5) is 10.7 Å². The van der Waals surface area contributed by atoms with E-state index in [4.69, 9.17) is 10.5 Å². The number of rotatable bonds is 2. The lowest BCUT2D eigenvalue weighted by atomic mass is 10.3. The van der Waals surface area contributed by atoms with Crippen LogP contribution in [-0.2, 0) is 0 Å². The molecule has 17 heavy (non-hydrogen) atoms. The van der Waals surface area contributed by atoms with E-state index in [1.807, 2.05) is 0 Å². The second-order valence-electron chi connectivity index (χ2n) is 3.38. The van der Waals surface area contributed by atoms with Crippen molar-refractivity contribution in [3.8, 4) is 5.88 Å². The maximum absolute atomic E-state index is 11.2. The average molecular weight is 236 g/mol. The van der Waals surface area contributed by atoms with Gasteiger partial charge in [-0.25, -0.2) is 4.79 Å². The summed E-state index contributed by atoms with van der Waals surface area (Å²) in [6.45, 7) is 4.07. The molecule has 0 saturated heterocycles. The van der Waals surface area contributed by atoms with Gasteiger partial charge in [0.1, 0.15) is 0 Å². The Hall–Kier alpha value is -2.38. The Bertz CT molecular complexity index is 564. The summed E-state index contributed by atoms with van der Waals surface area (Å²) in [7, 11) is 0. The summed E-state index contributed by atoms with van der Waals surface area (Å²) in [6.07, 6.45) is -0.564. The molecule has 0 radical (unpaired) electrons. The first-order chi connectivity index (χ1) is 8.11. The molecule has 0 bridgehead atoms. The summed E-state index contributed by atoms with van der Waals surface area (Å²) in [6, 6.07) is 1.60. The van der Waals surface area contributed by atoms with Gasteiger partial charge in [0.05, 0.1) is 0 Å².